The molecule has 2 saturated heterocycles. The highest BCUT2D eigenvalue weighted by Crippen LogP contribution is 2.36. The van der Waals surface area contributed by atoms with E-state index >= 15 is 0 Å². The number of sulfone groups is 1. The van der Waals surface area contributed by atoms with Gasteiger partial charge in [-0.05, 0) is 57.7 Å². The van der Waals surface area contributed by atoms with Crippen molar-refractivity contribution < 1.29 is 31.8 Å². The Labute approximate surface area is 224 Å². The summed E-state index contributed by atoms with van der Waals surface area (Å²) in [5.41, 5.74) is 1.17. The number of hydrogen-bond acceptors (Lipinski definition) is 7. The molecule has 208 valence electrons. The van der Waals surface area contributed by atoms with Crippen LogP contribution in [0.2, 0.25) is 0 Å². The first-order valence-corrected chi connectivity index (χ1v) is 14.9. The van der Waals surface area contributed by atoms with Crippen LogP contribution in [0.1, 0.15) is 39.7 Å². The van der Waals surface area contributed by atoms with Crippen LogP contribution < -0.4 is 4.74 Å². The van der Waals surface area contributed by atoms with Gasteiger partial charge >= 0.3 is 6.09 Å². The molecule has 38 heavy (non-hydrogen) atoms. The molecule has 2 aliphatic heterocycles. The summed E-state index contributed by atoms with van der Waals surface area (Å²) in [5.74, 6) is 0.707. The zero-order valence-electron chi connectivity index (χ0n) is 22.7. The fourth-order valence-corrected chi connectivity index (χ4v) is 5.88. The summed E-state index contributed by atoms with van der Waals surface area (Å²) in [6, 6.07) is 5.74. The van der Waals surface area contributed by atoms with Crippen LogP contribution in [0.25, 0.3) is 11.1 Å². The van der Waals surface area contributed by atoms with E-state index in [0.717, 1.165) is 24.3 Å². The van der Waals surface area contributed by atoms with Gasteiger partial charge in [-0.2, -0.15) is 0 Å². The number of aromatic nitrogens is 1. The number of ether oxygens (including phenoxy) is 3. The molecule has 4 rings (SSSR count). The SMILES string of the molecule is CCc1cc(-c2ccc(S(C)(=O)=O)cc2F)cnc1OCCC1C2COCC1CN(C(=O)OC(C)(C)C)C2. The summed E-state index contributed by atoms with van der Waals surface area (Å²) in [6.45, 7) is 10.5. The fraction of sp³-hybridized carbons (Fsp3) is 0.571. The second-order valence-corrected chi connectivity index (χ2v) is 13.2. The highest BCUT2D eigenvalue weighted by atomic mass is 32.2. The van der Waals surface area contributed by atoms with Crippen LogP contribution in [0.3, 0.4) is 0 Å². The number of pyridine rings is 1. The molecule has 8 nitrogen and oxygen atoms in total. The minimum atomic E-state index is -3.49. The average Bonchev–Trinajstić information content (AvgIpc) is 2.82. The lowest BCUT2D eigenvalue weighted by Gasteiger charge is -2.47. The molecule has 2 bridgehead atoms. The average molecular weight is 549 g/mol. The zero-order valence-corrected chi connectivity index (χ0v) is 23.5. The third-order valence-corrected chi connectivity index (χ3v) is 8.22. The van der Waals surface area contributed by atoms with Gasteiger partial charge in [-0.3, -0.25) is 0 Å². The van der Waals surface area contributed by atoms with Crippen molar-refractivity contribution in [1.82, 2.24) is 9.88 Å². The monoisotopic (exact) mass is 548 g/mol. The van der Waals surface area contributed by atoms with Crippen molar-refractivity contribution >= 4 is 15.9 Å². The zero-order chi connectivity index (χ0) is 27.7. The topological polar surface area (TPSA) is 95.0 Å². The van der Waals surface area contributed by atoms with Gasteiger partial charge in [-0.1, -0.05) is 13.0 Å². The number of halogens is 1. The van der Waals surface area contributed by atoms with Gasteiger partial charge < -0.3 is 19.1 Å². The minimum Gasteiger partial charge on any atom is -0.477 e. The second-order valence-electron chi connectivity index (χ2n) is 11.2. The third kappa shape index (κ3) is 6.64. The largest absolute Gasteiger partial charge is 0.477 e. The Morgan fingerprint density at radius 3 is 2.45 bits per heavy atom. The van der Waals surface area contributed by atoms with E-state index in [1.165, 1.54) is 12.1 Å². The van der Waals surface area contributed by atoms with Gasteiger partial charge in [0.05, 0.1) is 24.7 Å². The second kappa shape index (κ2) is 11.2. The van der Waals surface area contributed by atoms with Crippen LogP contribution in [0, 0.1) is 23.6 Å². The van der Waals surface area contributed by atoms with E-state index in [4.69, 9.17) is 14.2 Å². The van der Waals surface area contributed by atoms with Crippen molar-refractivity contribution in [3.8, 4) is 17.0 Å². The highest BCUT2D eigenvalue weighted by molar-refractivity contribution is 7.90. The molecule has 0 aliphatic carbocycles. The lowest BCUT2D eigenvalue weighted by atomic mass is 9.75. The number of aryl methyl sites for hydroxylation is 1. The number of benzene rings is 1. The number of piperidine rings is 1. The first-order chi connectivity index (χ1) is 17.9. The van der Waals surface area contributed by atoms with Crippen LogP contribution in [0.4, 0.5) is 9.18 Å². The molecule has 0 N–H and O–H groups in total. The number of carbonyl (C=O) groups is 1. The van der Waals surface area contributed by atoms with Gasteiger partial charge in [0.1, 0.15) is 11.4 Å². The summed E-state index contributed by atoms with van der Waals surface area (Å²) in [6.07, 6.45) is 3.79. The van der Waals surface area contributed by atoms with Crippen LogP contribution >= 0.6 is 0 Å². The van der Waals surface area contributed by atoms with Gasteiger partial charge in [-0.15, -0.1) is 0 Å². The minimum absolute atomic E-state index is 0.0607. The molecule has 2 fully saturated rings. The smallest absolute Gasteiger partial charge is 0.410 e. The van der Waals surface area contributed by atoms with Crippen molar-refractivity contribution in [2.45, 2.75) is 51.0 Å². The van der Waals surface area contributed by atoms with E-state index < -0.39 is 21.3 Å². The predicted octanol–water partition coefficient (Wildman–Crippen LogP) is 4.75. The molecule has 1 aromatic carbocycles. The van der Waals surface area contributed by atoms with Crippen LogP contribution in [-0.4, -0.2) is 69.2 Å². The van der Waals surface area contributed by atoms with Gasteiger partial charge in [0.15, 0.2) is 9.84 Å². The molecule has 2 aliphatic rings. The van der Waals surface area contributed by atoms with E-state index in [1.807, 2.05) is 33.8 Å². The van der Waals surface area contributed by atoms with Crippen LogP contribution in [0.5, 0.6) is 5.88 Å². The summed E-state index contributed by atoms with van der Waals surface area (Å²) in [5, 5.41) is 0. The van der Waals surface area contributed by atoms with Crippen molar-refractivity contribution in [3.63, 3.8) is 0 Å². The molecule has 1 amide bonds. The van der Waals surface area contributed by atoms with E-state index in [0.29, 0.717) is 56.7 Å². The van der Waals surface area contributed by atoms with Gasteiger partial charge in [-0.25, -0.2) is 22.6 Å². The number of amides is 1. The normalized spacial score (nSPS) is 21.7. The third-order valence-electron chi connectivity index (χ3n) is 7.11. The van der Waals surface area contributed by atoms with E-state index in [9.17, 15) is 17.6 Å². The highest BCUT2D eigenvalue weighted by Gasteiger charge is 2.42. The Kier molecular flexibility index (Phi) is 8.32. The molecular weight excluding hydrogens is 511 g/mol. The van der Waals surface area contributed by atoms with Gasteiger partial charge in [0.2, 0.25) is 5.88 Å². The molecule has 2 atom stereocenters. The lowest BCUT2D eigenvalue weighted by molar-refractivity contribution is -0.0887. The molecule has 2 aromatic rings. The fourth-order valence-electron chi connectivity index (χ4n) is 5.25. The van der Waals surface area contributed by atoms with Gasteiger partial charge in [0, 0.05) is 54.1 Å². The molecule has 0 saturated carbocycles. The van der Waals surface area contributed by atoms with Crippen molar-refractivity contribution in [2.75, 3.05) is 39.2 Å². The molecule has 0 radical (unpaired) electrons. The maximum atomic E-state index is 14.7. The Balaban J connectivity index is 1.40. The predicted molar refractivity (Wildman–Crippen MR) is 141 cm³/mol. The number of nitrogens with zero attached hydrogens (tertiary/aromatic N) is 2. The Bertz CT molecular complexity index is 1260. The molecule has 10 heteroatoms. The maximum Gasteiger partial charge on any atom is 0.410 e. The molecular formula is C28H37FN2O6S. The van der Waals surface area contributed by atoms with Crippen molar-refractivity contribution in [1.29, 1.82) is 0 Å². The van der Waals surface area contributed by atoms with E-state index in [1.54, 1.807) is 11.1 Å². The first-order valence-electron chi connectivity index (χ1n) is 13.0. The number of likely N-dealkylation sites (tertiary alicyclic amines) is 1. The number of rotatable bonds is 7. The van der Waals surface area contributed by atoms with Crippen molar-refractivity contribution in [2.24, 2.45) is 17.8 Å². The summed E-state index contributed by atoms with van der Waals surface area (Å²) in [4.78, 5) is 18.8. The molecule has 1 aromatic heterocycles. The maximum absolute atomic E-state index is 14.7. The molecule has 3 heterocycles. The molecule has 2 unspecified atom stereocenters. The van der Waals surface area contributed by atoms with E-state index in [2.05, 4.69) is 4.98 Å². The number of hydrogen-bond donors (Lipinski definition) is 0. The first kappa shape index (κ1) is 28.3. The summed E-state index contributed by atoms with van der Waals surface area (Å²) < 4.78 is 55.6. The van der Waals surface area contributed by atoms with E-state index in [-0.39, 0.29) is 28.4 Å². The Morgan fingerprint density at radius 1 is 1.18 bits per heavy atom. The number of carbonyl (C=O) groups excluding carboxylic acids is 1. The van der Waals surface area contributed by atoms with Gasteiger partial charge in [0.25, 0.3) is 0 Å². The number of fused-ring (bicyclic) bond motifs is 2. The van der Waals surface area contributed by atoms with Crippen molar-refractivity contribution in [3.05, 3.63) is 41.8 Å². The molecule has 0 spiro atoms. The quantitative estimate of drug-likeness (QED) is 0.493. The standard InChI is InChI=1S/C28H37FN2O6S/c1-6-18-11-19(24-8-7-22(12-25(24)29)38(5,33)34)13-30-26(18)36-10-9-23-20-14-31(15-21(23)17-35-16-20)27(32)37-28(2,3)4/h7-8,11-13,20-21,23H,6,9-10,14-17H2,1-5H3. The summed E-state index contributed by atoms with van der Waals surface area (Å²) in [7, 11) is -3.49. The summed E-state index contributed by atoms with van der Waals surface area (Å²) >= 11 is 0. The van der Waals surface area contributed by atoms with Crippen LogP contribution in [0.15, 0.2) is 35.4 Å². The Morgan fingerprint density at radius 2 is 1.87 bits per heavy atom. The van der Waals surface area contributed by atoms with Crippen LogP contribution in [-0.2, 0) is 25.7 Å². The lowest BCUT2D eigenvalue weighted by Crippen LogP contribution is -2.55. The Hall–Kier alpha value is -2.72.